The molecule has 0 aromatic heterocycles. The zero-order chi connectivity index (χ0) is 24.3. The lowest BCUT2D eigenvalue weighted by molar-refractivity contribution is -0.111. The number of rotatable bonds is 15. The molecule has 0 fully saturated rings. The smallest absolute Gasteiger partial charge is 0.177 e. The molecule has 0 aliphatic heterocycles. The summed E-state index contributed by atoms with van der Waals surface area (Å²) in [5.74, 6) is -0.594. The Hall–Kier alpha value is -2.59. The molecule has 0 bridgehead atoms. The Morgan fingerprint density at radius 3 is 1.88 bits per heavy atom. The Kier molecular flexibility index (Phi) is 15.4. The lowest BCUT2D eigenvalue weighted by Gasteiger charge is -2.10. The van der Waals surface area contributed by atoms with Gasteiger partial charge in [0.1, 0.15) is 18.5 Å². The van der Waals surface area contributed by atoms with Crippen LogP contribution in [0, 0.1) is 5.92 Å². The van der Waals surface area contributed by atoms with Gasteiger partial charge in [-0.05, 0) is 24.0 Å². The van der Waals surface area contributed by atoms with Crippen LogP contribution in [0.4, 0.5) is 0 Å². The Morgan fingerprint density at radius 2 is 1.36 bits per heavy atom. The van der Waals surface area contributed by atoms with Crippen LogP contribution >= 0.6 is 0 Å². The minimum Gasteiger partial charge on any atom is -0.326 e. The maximum atomic E-state index is 12.3. The van der Waals surface area contributed by atoms with Gasteiger partial charge in [-0.2, -0.15) is 0 Å². The number of unbranched alkanes of at least 4 members (excludes halogenated alkanes) is 5. The third kappa shape index (κ3) is 11.2. The molecular formula is C29H41NO3. The molecule has 0 radical (unpaired) electrons. The summed E-state index contributed by atoms with van der Waals surface area (Å²) in [6, 6.07) is 16.1. The van der Waals surface area contributed by atoms with Gasteiger partial charge in [0, 0.05) is 18.0 Å². The summed E-state index contributed by atoms with van der Waals surface area (Å²) in [6.07, 6.45) is 13.0. The van der Waals surface area contributed by atoms with E-state index in [-0.39, 0.29) is 5.78 Å². The summed E-state index contributed by atoms with van der Waals surface area (Å²) in [6.45, 7) is 4.87. The highest BCUT2D eigenvalue weighted by molar-refractivity contribution is 6.09. The molecule has 0 saturated heterocycles. The van der Waals surface area contributed by atoms with E-state index in [1.54, 1.807) is 36.4 Å². The summed E-state index contributed by atoms with van der Waals surface area (Å²) < 4.78 is 0. The van der Waals surface area contributed by atoms with Crippen LogP contribution < -0.4 is 5.73 Å². The molecule has 0 saturated carbocycles. The number of hydrogen-bond acceptors (Lipinski definition) is 4. The van der Waals surface area contributed by atoms with Crippen molar-refractivity contribution >= 4 is 18.4 Å². The molecule has 2 rings (SSSR count). The van der Waals surface area contributed by atoms with E-state index in [4.69, 9.17) is 5.73 Å². The van der Waals surface area contributed by atoms with Crippen LogP contribution in [0.15, 0.2) is 54.6 Å². The van der Waals surface area contributed by atoms with Gasteiger partial charge in [-0.15, -0.1) is 0 Å². The molecule has 2 atom stereocenters. The molecular weight excluding hydrogens is 410 g/mol. The minimum absolute atomic E-state index is 0.184. The Morgan fingerprint density at radius 1 is 0.788 bits per heavy atom. The average Bonchev–Trinajstić information content (AvgIpc) is 2.87. The van der Waals surface area contributed by atoms with Crippen molar-refractivity contribution in [2.24, 2.45) is 11.7 Å². The summed E-state index contributed by atoms with van der Waals surface area (Å²) >= 11 is 0. The highest BCUT2D eigenvalue weighted by atomic mass is 16.1. The van der Waals surface area contributed by atoms with Gasteiger partial charge >= 0.3 is 0 Å². The molecule has 180 valence electrons. The number of Topliss-reactive ketones (excluding diaryl/α,β-unsaturated/α-hetero) is 1. The van der Waals surface area contributed by atoms with Crippen molar-refractivity contribution in [3.63, 3.8) is 0 Å². The second-order valence-corrected chi connectivity index (χ2v) is 8.53. The molecule has 0 aliphatic carbocycles. The van der Waals surface area contributed by atoms with E-state index >= 15 is 0 Å². The van der Waals surface area contributed by atoms with Crippen LogP contribution in [0.25, 0.3) is 0 Å². The van der Waals surface area contributed by atoms with Crippen molar-refractivity contribution in [3.05, 3.63) is 71.3 Å². The van der Waals surface area contributed by atoms with Crippen molar-refractivity contribution in [2.45, 2.75) is 84.1 Å². The molecule has 2 aromatic carbocycles. The van der Waals surface area contributed by atoms with Crippen LogP contribution in [0.2, 0.25) is 0 Å². The third-order valence-electron chi connectivity index (χ3n) is 5.85. The fourth-order valence-corrected chi connectivity index (χ4v) is 3.71. The largest absolute Gasteiger partial charge is 0.326 e. The first-order chi connectivity index (χ1) is 16.1. The second-order valence-electron chi connectivity index (χ2n) is 8.53. The van der Waals surface area contributed by atoms with Gasteiger partial charge in [-0.3, -0.25) is 4.79 Å². The Balaban J connectivity index is 0.000000349. The number of ketones is 1. The number of carbonyl (C=O) groups is 3. The average molecular weight is 452 g/mol. The molecule has 2 aromatic rings. The predicted molar refractivity (Wildman–Crippen MR) is 136 cm³/mol. The van der Waals surface area contributed by atoms with Crippen molar-refractivity contribution < 1.29 is 14.4 Å². The van der Waals surface area contributed by atoms with E-state index in [0.29, 0.717) is 29.9 Å². The lowest BCUT2D eigenvalue weighted by atomic mass is 9.91. The van der Waals surface area contributed by atoms with E-state index in [1.807, 2.05) is 18.2 Å². The maximum absolute atomic E-state index is 12.3. The van der Waals surface area contributed by atoms with Crippen molar-refractivity contribution in [1.29, 1.82) is 0 Å². The van der Waals surface area contributed by atoms with Crippen LogP contribution in [-0.2, 0) is 16.1 Å². The summed E-state index contributed by atoms with van der Waals surface area (Å²) in [7, 11) is 0. The van der Waals surface area contributed by atoms with E-state index in [1.165, 1.54) is 51.2 Å². The zero-order valence-electron chi connectivity index (χ0n) is 20.4. The van der Waals surface area contributed by atoms with Gasteiger partial charge in [-0.1, -0.05) is 113 Å². The first kappa shape index (κ1) is 28.4. The molecule has 4 heteroatoms. The normalized spacial score (nSPS) is 12.2. The molecule has 0 aliphatic rings. The van der Waals surface area contributed by atoms with Crippen LogP contribution in [0.3, 0.4) is 0 Å². The molecule has 2 unspecified atom stereocenters. The van der Waals surface area contributed by atoms with Gasteiger partial charge in [-0.25, -0.2) is 0 Å². The van der Waals surface area contributed by atoms with Crippen molar-refractivity contribution in [1.82, 2.24) is 0 Å². The quantitative estimate of drug-likeness (QED) is 0.142. The topological polar surface area (TPSA) is 77.2 Å². The number of carbonyl (C=O) groups excluding carboxylic acids is 3. The van der Waals surface area contributed by atoms with Crippen LogP contribution in [-0.4, -0.2) is 18.4 Å². The van der Waals surface area contributed by atoms with Gasteiger partial charge in [0.15, 0.2) is 5.78 Å². The van der Waals surface area contributed by atoms with Gasteiger partial charge in [0.05, 0.1) is 0 Å². The number of aldehydes is 2. The highest BCUT2D eigenvalue weighted by Crippen LogP contribution is 2.20. The first-order valence-corrected chi connectivity index (χ1v) is 12.4. The molecule has 0 spiro atoms. The summed E-state index contributed by atoms with van der Waals surface area (Å²) in [5.41, 5.74) is 7.74. The number of benzene rings is 2. The van der Waals surface area contributed by atoms with Gasteiger partial charge < -0.3 is 15.3 Å². The maximum Gasteiger partial charge on any atom is 0.177 e. The van der Waals surface area contributed by atoms with Crippen molar-refractivity contribution in [3.8, 4) is 0 Å². The Bertz CT molecular complexity index is 786. The Labute approximate surface area is 200 Å². The third-order valence-corrected chi connectivity index (χ3v) is 5.85. The SMILES string of the molecule is CCCCCCC(C=O)CCCCC.NCc1ccc(C(C=O)C(=O)c2ccccc2)cc1. The second kappa shape index (κ2) is 17.9. The zero-order valence-corrected chi connectivity index (χ0v) is 20.4. The number of nitrogens with two attached hydrogens (primary N) is 1. The molecule has 33 heavy (non-hydrogen) atoms. The molecule has 0 amide bonds. The van der Waals surface area contributed by atoms with Gasteiger partial charge in [0.2, 0.25) is 0 Å². The van der Waals surface area contributed by atoms with E-state index in [2.05, 4.69) is 13.8 Å². The fraction of sp³-hybridized carbons (Fsp3) is 0.483. The van der Waals surface area contributed by atoms with Gasteiger partial charge in [0.25, 0.3) is 0 Å². The predicted octanol–water partition coefficient (Wildman–Crippen LogP) is 6.66. The molecule has 0 heterocycles. The molecule has 4 nitrogen and oxygen atoms in total. The van der Waals surface area contributed by atoms with Crippen LogP contribution in [0.5, 0.6) is 0 Å². The fourth-order valence-electron chi connectivity index (χ4n) is 3.71. The monoisotopic (exact) mass is 451 g/mol. The summed E-state index contributed by atoms with van der Waals surface area (Å²) in [4.78, 5) is 34.3. The lowest BCUT2D eigenvalue weighted by Crippen LogP contribution is -2.14. The van der Waals surface area contributed by atoms with Crippen molar-refractivity contribution in [2.75, 3.05) is 0 Å². The number of hydrogen-bond donors (Lipinski definition) is 1. The molecule has 2 N–H and O–H groups in total. The standard InChI is InChI=1S/C16H15NO2.C13H26O/c17-10-12-6-8-13(9-7-12)15(11-18)16(19)14-4-2-1-3-5-14;1-3-5-7-9-11-13(12-14)10-8-6-4-2/h1-9,11,15H,10,17H2;12-13H,3-11H2,1-2H3. The summed E-state index contributed by atoms with van der Waals surface area (Å²) in [5, 5.41) is 0. The van der Waals surface area contributed by atoms with Crippen LogP contribution in [0.1, 0.15) is 99.0 Å². The van der Waals surface area contributed by atoms with E-state index in [0.717, 1.165) is 18.4 Å². The van der Waals surface area contributed by atoms with E-state index in [9.17, 15) is 14.4 Å². The minimum atomic E-state index is -0.755. The highest BCUT2D eigenvalue weighted by Gasteiger charge is 2.21. The van der Waals surface area contributed by atoms with E-state index < -0.39 is 5.92 Å². The first-order valence-electron chi connectivity index (χ1n) is 12.4.